The van der Waals surface area contributed by atoms with Crippen LogP contribution >= 0.6 is 0 Å². The first kappa shape index (κ1) is 16.2. The monoisotopic (exact) mass is 322 g/mol. The second-order valence-electron chi connectivity index (χ2n) is 6.04. The number of hydrogen-bond acceptors (Lipinski definition) is 3. The predicted molar refractivity (Wildman–Crippen MR) is 94.6 cm³/mol. The highest BCUT2D eigenvalue weighted by Gasteiger charge is 2.25. The van der Waals surface area contributed by atoms with E-state index in [0.717, 1.165) is 22.9 Å². The van der Waals surface area contributed by atoms with Crippen molar-refractivity contribution in [2.45, 2.75) is 32.9 Å². The Morgan fingerprint density at radius 1 is 1.21 bits per heavy atom. The van der Waals surface area contributed by atoms with Crippen LogP contribution in [0.5, 0.6) is 0 Å². The molecule has 0 N–H and O–H groups in total. The summed E-state index contributed by atoms with van der Waals surface area (Å²) in [5, 5.41) is 5.38. The van der Waals surface area contributed by atoms with Crippen LogP contribution in [0.3, 0.4) is 0 Å². The lowest BCUT2D eigenvalue weighted by atomic mass is 10.1. The molecular formula is C19H22N4O. The molecule has 1 aromatic carbocycles. The second kappa shape index (κ2) is 6.83. The van der Waals surface area contributed by atoms with Gasteiger partial charge in [-0.25, -0.2) is 0 Å². The molecule has 5 nitrogen and oxygen atoms in total. The zero-order chi connectivity index (χ0) is 17.1. The van der Waals surface area contributed by atoms with E-state index in [-0.39, 0.29) is 11.9 Å². The third kappa shape index (κ3) is 3.02. The highest BCUT2D eigenvalue weighted by atomic mass is 16.2. The highest BCUT2D eigenvalue weighted by Crippen LogP contribution is 2.21. The molecule has 0 spiro atoms. The Morgan fingerprint density at radius 3 is 2.62 bits per heavy atom. The number of fused-ring (bicyclic) bond motifs is 1. The molecule has 124 valence electrons. The number of nitrogens with zero attached hydrogens (tertiary/aromatic N) is 4. The van der Waals surface area contributed by atoms with Crippen LogP contribution in [0.2, 0.25) is 0 Å². The Labute approximate surface area is 141 Å². The molecule has 0 saturated carbocycles. The molecule has 1 atom stereocenters. The summed E-state index contributed by atoms with van der Waals surface area (Å²) in [6, 6.07) is 11.9. The summed E-state index contributed by atoms with van der Waals surface area (Å²) < 4.78 is 1.77. The molecule has 2 aromatic heterocycles. The maximum Gasteiger partial charge on any atom is 0.275 e. The average Bonchev–Trinajstić information content (AvgIpc) is 2.96. The van der Waals surface area contributed by atoms with Gasteiger partial charge in [0.2, 0.25) is 0 Å². The fourth-order valence-corrected chi connectivity index (χ4v) is 2.84. The van der Waals surface area contributed by atoms with E-state index in [4.69, 9.17) is 0 Å². The summed E-state index contributed by atoms with van der Waals surface area (Å²) in [7, 11) is 1.87. The first-order chi connectivity index (χ1) is 11.6. The number of hydrogen-bond donors (Lipinski definition) is 0. The van der Waals surface area contributed by atoms with E-state index in [1.165, 1.54) is 0 Å². The zero-order valence-electron chi connectivity index (χ0n) is 14.3. The van der Waals surface area contributed by atoms with Gasteiger partial charge in [-0.2, -0.15) is 5.10 Å². The van der Waals surface area contributed by atoms with Crippen molar-refractivity contribution in [3.8, 4) is 0 Å². The van der Waals surface area contributed by atoms with Gasteiger partial charge in [0.1, 0.15) is 0 Å². The lowest BCUT2D eigenvalue weighted by molar-refractivity contribution is 0.0666. The molecule has 0 aliphatic carbocycles. The molecule has 0 aliphatic heterocycles. The first-order valence-corrected chi connectivity index (χ1v) is 8.23. The number of aromatic nitrogens is 3. The molecule has 0 radical (unpaired) electrons. The van der Waals surface area contributed by atoms with Gasteiger partial charge < -0.3 is 4.90 Å². The number of pyridine rings is 1. The number of rotatable bonds is 5. The van der Waals surface area contributed by atoms with Crippen molar-refractivity contribution in [1.29, 1.82) is 0 Å². The van der Waals surface area contributed by atoms with E-state index in [1.54, 1.807) is 17.1 Å². The van der Waals surface area contributed by atoms with Gasteiger partial charge in [0, 0.05) is 37.4 Å². The van der Waals surface area contributed by atoms with Crippen LogP contribution < -0.4 is 0 Å². The standard InChI is InChI=1S/C19H22N4O/c1-4-14(2)23(13-15-9-11-20-12-10-15)19(24)18-16-7-5-6-8-17(16)22(3)21-18/h5-12,14H,4,13H2,1-3H3. The van der Waals surface area contributed by atoms with Gasteiger partial charge in [0.25, 0.3) is 5.91 Å². The van der Waals surface area contributed by atoms with Crippen molar-refractivity contribution >= 4 is 16.8 Å². The van der Waals surface area contributed by atoms with Crippen LogP contribution in [0, 0.1) is 0 Å². The number of benzene rings is 1. The highest BCUT2D eigenvalue weighted by molar-refractivity contribution is 6.04. The van der Waals surface area contributed by atoms with Gasteiger partial charge in [-0.05, 0) is 37.1 Å². The molecule has 0 fully saturated rings. The summed E-state index contributed by atoms with van der Waals surface area (Å²) in [6.07, 6.45) is 4.40. The van der Waals surface area contributed by atoms with Crippen LogP contribution in [-0.2, 0) is 13.6 Å². The largest absolute Gasteiger partial charge is 0.330 e. The van der Waals surface area contributed by atoms with Crippen molar-refractivity contribution < 1.29 is 4.79 Å². The average molecular weight is 322 g/mol. The van der Waals surface area contributed by atoms with Gasteiger partial charge in [-0.3, -0.25) is 14.5 Å². The van der Waals surface area contributed by atoms with Crippen molar-refractivity contribution in [1.82, 2.24) is 19.7 Å². The molecular weight excluding hydrogens is 300 g/mol. The molecule has 3 aromatic rings. The smallest absolute Gasteiger partial charge is 0.275 e. The molecule has 5 heteroatoms. The van der Waals surface area contributed by atoms with Crippen LogP contribution in [0.4, 0.5) is 0 Å². The summed E-state index contributed by atoms with van der Waals surface area (Å²) in [5.74, 6) is -0.0297. The summed E-state index contributed by atoms with van der Waals surface area (Å²) >= 11 is 0. The van der Waals surface area contributed by atoms with Gasteiger partial charge in [-0.1, -0.05) is 25.1 Å². The number of carbonyl (C=O) groups is 1. The van der Waals surface area contributed by atoms with Crippen LogP contribution in [0.1, 0.15) is 36.3 Å². The van der Waals surface area contributed by atoms with Gasteiger partial charge in [0.05, 0.1) is 5.52 Å². The third-order valence-corrected chi connectivity index (χ3v) is 4.45. The minimum atomic E-state index is -0.0297. The Bertz CT molecular complexity index is 841. The third-order valence-electron chi connectivity index (χ3n) is 4.45. The van der Waals surface area contributed by atoms with Crippen molar-refractivity contribution in [3.63, 3.8) is 0 Å². The van der Waals surface area contributed by atoms with E-state index < -0.39 is 0 Å². The van der Waals surface area contributed by atoms with E-state index in [9.17, 15) is 4.79 Å². The summed E-state index contributed by atoms with van der Waals surface area (Å²) in [5.41, 5.74) is 2.55. The maximum atomic E-state index is 13.2. The predicted octanol–water partition coefficient (Wildman–Crippen LogP) is 3.41. The molecule has 0 bridgehead atoms. The van der Waals surface area contributed by atoms with E-state index in [0.29, 0.717) is 12.2 Å². The fraction of sp³-hybridized carbons (Fsp3) is 0.316. The molecule has 0 saturated heterocycles. The second-order valence-corrected chi connectivity index (χ2v) is 6.04. The molecule has 3 rings (SSSR count). The molecule has 1 amide bonds. The minimum absolute atomic E-state index is 0.0297. The maximum absolute atomic E-state index is 13.2. The SMILES string of the molecule is CCC(C)N(Cc1ccncc1)C(=O)c1nn(C)c2ccccc12. The van der Waals surface area contributed by atoms with Crippen molar-refractivity contribution in [2.75, 3.05) is 0 Å². The quantitative estimate of drug-likeness (QED) is 0.723. The fourth-order valence-electron chi connectivity index (χ4n) is 2.84. The van der Waals surface area contributed by atoms with E-state index in [1.807, 2.05) is 48.3 Å². The summed E-state index contributed by atoms with van der Waals surface area (Å²) in [4.78, 5) is 19.2. The summed E-state index contributed by atoms with van der Waals surface area (Å²) in [6.45, 7) is 4.72. The number of carbonyl (C=O) groups excluding carboxylic acids is 1. The Kier molecular flexibility index (Phi) is 4.60. The molecule has 24 heavy (non-hydrogen) atoms. The lowest BCUT2D eigenvalue weighted by Gasteiger charge is -2.28. The molecule has 0 aliphatic rings. The van der Waals surface area contributed by atoms with Crippen LogP contribution in [-0.4, -0.2) is 31.6 Å². The van der Waals surface area contributed by atoms with Gasteiger partial charge >= 0.3 is 0 Å². The number of para-hydroxylation sites is 1. The molecule has 2 heterocycles. The molecule has 1 unspecified atom stereocenters. The van der Waals surface area contributed by atoms with Gasteiger partial charge in [-0.15, -0.1) is 0 Å². The topological polar surface area (TPSA) is 51.0 Å². The van der Waals surface area contributed by atoms with Crippen molar-refractivity contribution in [3.05, 3.63) is 60.0 Å². The van der Waals surface area contributed by atoms with Crippen molar-refractivity contribution in [2.24, 2.45) is 7.05 Å². The van der Waals surface area contributed by atoms with Crippen LogP contribution in [0.25, 0.3) is 10.9 Å². The first-order valence-electron chi connectivity index (χ1n) is 8.23. The van der Waals surface area contributed by atoms with Gasteiger partial charge in [0.15, 0.2) is 5.69 Å². The Balaban J connectivity index is 1.99. The normalized spacial score (nSPS) is 12.3. The minimum Gasteiger partial charge on any atom is -0.330 e. The number of aryl methyl sites for hydroxylation is 1. The van der Waals surface area contributed by atoms with Crippen LogP contribution in [0.15, 0.2) is 48.8 Å². The number of amides is 1. The van der Waals surface area contributed by atoms with E-state index in [2.05, 4.69) is 23.9 Å². The zero-order valence-corrected chi connectivity index (χ0v) is 14.3. The Morgan fingerprint density at radius 2 is 1.92 bits per heavy atom. The Hall–Kier alpha value is -2.69. The van der Waals surface area contributed by atoms with E-state index >= 15 is 0 Å². The lowest BCUT2D eigenvalue weighted by Crippen LogP contribution is -2.38.